The fourth-order valence-corrected chi connectivity index (χ4v) is 4.15. The number of nitrogens with one attached hydrogen (secondary N) is 1. The Bertz CT molecular complexity index is 629. The highest BCUT2D eigenvalue weighted by Crippen LogP contribution is 2.46. The van der Waals surface area contributed by atoms with Crippen molar-refractivity contribution in [1.29, 1.82) is 0 Å². The van der Waals surface area contributed by atoms with Crippen LogP contribution in [0.15, 0.2) is 4.99 Å². The lowest BCUT2D eigenvalue weighted by Crippen LogP contribution is -2.52. The zero-order valence-corrected chi connectivity index (χ0v) is 17.4. The summed E-state index contributed by atoms with van der Waals surface area (Å²) >= 11 is 0. The largest absolute Gasteiger partial charge is 0.469 e. The Morgan fingerprint density at radius 1 is 1.14 bits per heavy atom. The summed E-state index contributed by atoms with van der Waals surface area (Å²) in [6, 6.07) is -0.598. The van der Waals surface area contributed by atoms with E-state index in [0.29, 0.717) is 13.0 Å². The topological polar surface area (TPSA) is 114 Å². The van der Waals surface area contributed by atoms with Gasteiger partial charge in [-0.1, -0.05) is 20.8 Å². The molecule has 0 heterocycles. The Hall–Kier alpha value is -2.41. The Kier molecular flexibility index (Phi) is 8.63. The van der Waals surface area contributed by atoms with E-state index in [1.807, 2.05) is 6.92 Å². The van der Waals surface area contributed by atoms with Crippen LogP contribution in [0.5, 0.6) is 0 Å². The molecule has 0 radical (unpaired) electrons. The molecule has 1 aliphatic carbocycles. The van der Waals surface area contributed by atoms with Gasteiger partial charge in [0.05, 0.1) is 27.2 Å². The first-order valence-corrected chi connectivity index (χ1v) is 9.27. The molecule has 1 aliphatic rings. The highest BCUT2D eigenvalue weighted by Gasteiger charge is 2.42. The Morgan fingerprint density at radius 2 is 1.79 bits per heavy atom. The van der Waals surface area contributed by atoms with Crippen molar-refractivity contribution in [3.63, 3.8) is 0 Å². The SMILES string of the molecule is COC(=O)CCN(CC(=O)OC)C(=O)NC1CC(C)(C)CC(C)(CN=C=O)C1. The van der Waals surface area contributed by atoms with Crippen LogP contribution in [0.25, 0.3) is 0 Å². The van der Waals surface area contributed by atoms with Gasteiger partial charge in [0.15, 0.2) is 0 Å². The predicted octanol–water partition coefficient (Wildman–Crippen LogP) is 1.65. The van der Waals surface area contributed by atoms with Crippen molar-refractivity contribution in [2.24, 2.45) is 15.8 Å². The minimum Gasteiger partial charge on any atom is -0.469 e. The van der Waals surface area contributed by atoms with Crippen LogP contribution in [0.2, 0.25) is 0 Å². The molecule has 0 saturated heterocycles. The molecule has 0 aromatic rings. The average molecular weight is 397 g/mol. The maximum atomic E-state index is 12.8. The summed E-state index contributed by atoms with van der Waals surface area (Å²) in [4.78, 5) is 51.4. The van der Waals surface area contributed by atoms with Crippen molar-refractivity contribution in [3.8, 4) is 0 Å². The van der Waals surface area contributed by atoms with Crippen LogP contribution in [0.3, 0.4) is 0 Å². The molecule has 1 saturated carbocycles. The van der Waals surface area contributed by atoms with Gasteiger partial charge in [0, 0.05) is 12.6 Å². The summed E-state index contributed by atoms with van der Waals surface area (Å²) in [5, 5.41) is 2.96. The quantitative estimate of drug-likeness (QED) is 0.378. The third-order valence-corrected chi connectivity index (χ3v) is 4.94. The summed E-state index contributed by atoms with van der Waals surface area (Å²) in [7, 11) is 2.50. The minimum absolute atomic E-state index is 0.0250. The van der Waals surface area contributed by atoms with Gasteiger partial charge in [-0.15, -0.1) is 0 Å². The third-order valence-electron chi connectivity index (χ3n) is 4.94. The number of esters is 2. The second kappa shape index (κ2) is 10.2. The molecule has 2 atom stereocenters. The van der Waals surface area contributed by atoms with E-state index in [9.17, 15) is 19.2 Å². The van der Waals surface area contributed by atoms with Gasteiger partial charge in [-0.3, -0.25) is 9.59 Å². The van der Waals surface area contributed by atoms with Gasteiger partial charge in [-0.05, 0) is 30.1 Å². The zero-order chi connectivity index (χ0) is 21.4. The standard InChI is InChI=1S/C19H31N3O6/c1-18(2)8-14(9-19(3,11-18)12-20-13-23)21-17(26)22(10-16(25)28-5)7-6-15(24)27-4/h14H,6-12H2,1-5H3,(H,21,26). The van der Waals surface area contributed by atoms with Crippen LogP contribution in [0.4, 0.5) is 4.79 Å². The molecule has 158 valence electrons. The van der Waals surface area contributed by atoms with Gasteiger partial charge in [-0.25, -0.2) is 14.6 Å². The lowest BCUT2D eigenvalue weighted by atomic mass is 9.62. The second-order valence-corrected chi connectivity index (χ2v) is 8.44. The number of ether oxygens (including phenoxy) is 2. The van der Waals surface area contributed by atoms with Crippen LogP contribution in [-0.2, 0) is 23.9 Å². The molecule has 0 aromatic carbocycles. The van der Waals surface area contributed by atoms with Crippen molar-refractivity contribution in [2.75, 3.05) is 33.9 Å². The molecule has 0 aliphatic heterocycles. The molecule has 28 heavy (non-hydrogen) atoms. The van der Waals surface area contributed by atoms with Crippen molar-refractivity contribution in [1.82, 2.24) is 10.2 Å². The van der Waals surface area contributed by atoms with Gasteiger partial charge in [0.2, 0.25) is 6.08 Å². The molecule has 1 rings (SSSR count). The normalized spacial score (nSPS) is 23.1. The number of hydrogen-bond acceptors (Lipinski definition) is 7. The smallest absolute Gasteiger partial charge is 0.325 e. The average Bonchev–Trinajstić information content (AvgIpc) is 2.60. The van der Waals surface area contributed by atoms with E-state index < -0.39 is 18.0 Å². The molecule has 9 heteroatoms. The van der Waals surface area contributed by atoms with E-state index in [4.69, 9.17) is 0 Å². The summed E-state index contributed by atoms with van der Waals surface area (Å²) in [6.45, 7) is 6.38. The van der Waals surface area contributed by atoms with Crippen LogP contribution < -0.4 is 5.32 Å². The van der Waals surface area contributed by atoms with Crippen molar-refractivity contribution in [2.45, 2.75) is 52.5 Å². The van der Waals surface area contributed by atoms with E-state index >= 15 is 0 Å². The Balaban J connectivity index is 2.86. The molecule has 0 spiro atoms. The van der Waals surface area contributed by atoms with E-state index in [0.717, 1.165) is 12.8 Å². The summed E-state index contributed by atoms with van der Waals surface area (Å²) in [5.41, 5.74) is -0.293. The molecular weight excluding hydrogens is 366 g/mol. The number of aliphatic imine (C=N–C) groups is 1. The maximum absolute atomic E-state index is 12.8. The van der Waals surface area contributed by atoms with E-state index in [1.165, 1.54) is 19.1 Å². The molecule has 2 unspecified atom stereocenters. The van der Waals surface area contributed by atoms with Crippen LogP contribution in [0, 0.1) is 10.8 Å². The predicted molar refractivity (Wildman–Crippen MR) is 101 cm³/mol. The highest BCUT2D eigenvalue weighted by molar-refractivity contribution is 5.81. The summed E-state index contributed by atoms with van der Waals surface area (Å²) < 4.78 is 9.24. The van der Waals surface area contributed by atoms with E-state index in [-0.39, 0.29) is 36.4 Å². The number of hydrogen-bond donors (Lipinski definition) is 1. The second-order valence-electron chi connectivity index (χ2n) is 8.44. The van der Waals surface area contributed by atoms with Crippen molar-refractivity contribution >= 4 is 24.0 Å². The minimum atomic E-state index is -0.575. The Morgan fingerprint density at radius 3 is 2.36 bits per heavy atom. The number of carbonyl (C=O) groups excluding carboxylic acids is 4. The highest BCUT2D eigenvalue weighted by atomic mass is 16.5. The first-order chi connectivity index (χ1) is 13.0. The number of rotatable bonds is 8. The van der Waals surface area contributed by atoms with Crippen LogP contribution in [0.1, 0.15) is 46.5 Å². The molecular formula is C19H31N3O6. The fourth-order valence-electron chi connectivity index (χ4n) is 4.15. The Labute approximate surface area is 165 Å². The van der Waals surface area contributed by atoms with Crippen molar-refractivity contribution < 1.29 is 28.7 Å². The maximum Gasteiger partial charge on any atom is 0.325 e. The van der Waals surface area contributed by atoms with Gasteiger partial charge in [0.25, 0.3) is 0 Å². The van der Waals surface area contributed by atoms with Crippen LogP contribution in [-0.4, -0.2) is 68.8 Å². The number of amides is 2. The summed E-state index contributed by atoms with van der Waals surface area (Å²) in [6.07, 6.45) is 3.83. The van der Waals surface area contributed by atoms with E-state index in [1.54, 1.807) is 6.08 Å². The zero-order valence-electron chi connectivity index (χ0n) is 17.4. The number of urea groups is 1. The molecule has 2 amide bonds. The summed E-state index contributed by atoms with van der Waals surface area (Å²) in [5.74, 6) is -1.05. The van der Waals surface area contributed by atoms with Gasteiger partial charge < -0.3 is 19.7 Å². The van der Waals surface area contributed by atoms with Gasteiger partial charge >= 0.3 is 18.0 Å². The molecule has 9 nitrogen and oxygen atoms in total. The van der Waals surface area contributed by atoms with Crippen molar-refractivity contribution in [3.05, 3.63) is 0 Å². The molecule has 0 aromatic heterocycles. The monoisotopic (exact) mass is 397 g/mol. The lowest BCUT2D eigenvalue weighted by Gasteiger charge is -2.46. The molecule has 1 N–H and O–H groups in total. The number of carbonyl (C=O) groups is 3. The number of methoxy groups -OCH3 is 2. The first kappa shape index (κ1) is 23.6. The number of isocyanates is 1. The van der Waals surface area contributed by atoms with Crippen LogP contribution >= 0.6 is 0 Å². The third kappa shape index (κ3) is 7.68. The lowest BCUT2D eigenvalue weighted by molar-refractivity contribution is -0.143. The fraction of sp³-hybridized carbons (Fsp3) is 0.789. The molecule has 1 fully saturated rings. The van der Waals surface area contributed by atoms with Gasteiger partial charge in [-0.2, -0.15) is 0 Å². The number of nitrogens with zero attached hydrogens (tertiary/aromatic N) is 2. The van der Waals surface area contributed by atoms with E-state index in [2.05, 4.69) is 33.6 Å². The first-order valence-electron chi connectivity index (χ1n) is 9.27. The molecule has 0 bridgehead atoms. The van der Waals surface area contributed by atoms with Gasteiger partial charge in [0.1, 0.15) is 6.54 Å².